The van der Waals surface area contributed by atoms with Gasteiger partial charge in [-0.25, -0.2) is 4.98 Å². The first kappa shape index (κ1) is 13.6. The summed E-state index contributed by atoms with van der Waals surface area (Å²) in [5, 5.41) is 3.77. The van der Waals surface area contributed by atoms with Crippen molar-refractivity contribution in [3.63, 3.8) is 0 Å². The van der Waals surface area contributed by atoms with Crippen molar-refractivity contribution < 1.29 is 4.79 Å². The second kappa shape index (κ2) is 6.95. The number of hydrogen-bond donors (Lipinski definition) is 1. The van der Waals surface area contributed by atoms with Gasteiger partial charge in [-0.2, -0.15) is 0 Å². The Morgan fingerprint density at radius 1 is 1.21 bits per heavy atom. The highest BCUT2D eigenvalue weighted by atomic mass is 32.2. The Labute approximate surface area is 117 Å². The van der Waals surface area contributed by atoms with E-state index >= 15 is 0 Å². The van der Waals surface area contributed by atoms with Gasteiger partial charge in [-0.05, 0) is 24.1 Å². The number of carbonyl (C=O) groups excluding carboxylic acids is 1. The van der Waals surface area contributed by atoms with E-state index < -0.39 is 0 Å². The van der Waals surface area contributed by atoms with Crippen LogP contribution in [0.2, 0.25) is 0 Å². The van der Waals surface area contributed by atoms with Gasteiger partial charge in [0.2, 0.25) is 5.91 Å². The maximum Gasteiger partial charge on any atom is 0.230 e. The van der Waals surface area contributed by atoms with Crippen LogP contribution in [0.15, 0.2) is 53.7 Å². The standard InChI is InChI=1S/C15H16N2OS/c1-12-7-8-15(17-9-12)19-11-14(18)16-10-13-5-3-2-4-6-13/h2-9H,10-11H2,1H3,(H,16,18). The molecule has 0 atom stereocenters. The molecule has 4 heteroatoms. The van der Waals surface area contributed by atoms with E-state index in [-0.39, 0.29) is 5.91 Å². The van der Waals surface area contributed by atoms with Crippen molar-refractivity contribution in [2.24, 2.45) is 0 Å². The van der Waals surface area contributed by atoms with Gasteiger partial charge in [0.1, 0.15) is 0 Å². The lowest BCUT2D eigenvalue weighted by atomic mass is 10.2. The average Bonchev–Trinajstić information content (AvgIpc) is 2.45. The monoisotopic (exact) mass is 272 g/mol. The quantitative estimate of drug-likeness (QED) is 0.851. The average molecular weight is 272 g/mol. The molecule has 1 aromatic heterocycles. The first-order valence-corrected chi connectivity index (χ1v) is 7.09. The minimum absolute atomic E-state index is 0.0243. The molecule has 0 bridgehead atoms. The van der Waals surface area contributed by atoms with Crippen LogP contribution in [0.5, 0.6) is 0 Å². The summed E-state index contributed by atoms with van der Waals surface area (Å²) >= 11 is 1.45. The zero-order chi connectivity index (χ0) is 13.5. The molecule has 19 heavy (non-hydrogen) atoms. The molecule has 0 spiro atoms. The summed E-state index contributed by atoms with van der Waals surface area (Å²) in [6, 6.07) is 13.8. The van der Waals surface area contributed by atoms with Crippen molar-refractivity contribution in [1.82, 2.24) is 10.3 Å². The summed E-state index contributed by atoms with van der Waals surface area (Å²) in [5.41, 5.74) is 2.23. The second-order valence-electron chi connectivity index (χ2n) is 4.22. The molecule has 0 aliphatic carbocycles. The van der Waals surface area contributed by atoms with Crippen LogP contribution in [-0.2, 0) is 11.3 Å². The maximum absolute atomic E-state index is 11.7. The van der Waals surface area contributed by atoms with E-state index in [1.54, 1.807) is 0 Å². The van der Waals surface area contributed by atoms with Gasteiger partial charge in [-0.15, -0.1) is 0 Å². The lowest BCUT2D eigenvalue weighted by Crippen LogP contribution is -2.24. The Morgan fingerprint density at radius 3 is 2.68 bits per heavy atom. The van der Waals surface area contributed by atoms with Crippen molar-refractivity contribution >= 4 is 17.7 Å². The van der Waals surface area contributed by atoms with Gasteiger partial charge < -0.3 is 5.32 Å². The number of pyridine rings is 1. The molecule has 3 nitrogen and oxygen atoms in total. The molecule has 0 saturated heterocycles. The van der Waals surface area contributed by atoms with Gasteiger partial charge in [0.25, 0.3) is 0 Å². The van der Waals surface area contributed by atoms with E-state index in [9.17, 15) is 4.79 Å². The summed E-state index contributed by atoms with van der Waals surface area (Å²) in [6.45, 7) is 2.57. The summed E-state index contributed by atoms with van der Waals surface area (Å²) in [7, 11) is 0. The topological polar surface area (TPSA) is 42.0 Å². The van der Waals surface area contributed by atoms with Crippen molar-refractivity contribution in [2.75, 3.05) is 5.75 Å². The fourth-order valence-corrected chi connectivity index (χ4v) is 2.20. The minimum atomic E-state index is 0.0243. The molecule has 1 amide bonds. The predicted molar refractivity (Wildman–Crippen MR) is 78.0 cm³/mol. The van der Waals surface area contributed by atoms with E-state index in [2.05, 4.69) is 10.3 Å². The molecule has 0 radical (unpaired) electrons. The second-order valence-corrected chi connectivity index (χ2v) is 5.22. The highest BCUT2D eigenvalue weighted by molar-refractivity contribution is 7.99. The molecule has 0 saturated carbocycles. The molecular weight excluding hydrogens is 256 g/mol. The molecule has 0 aliphatic rings. The number of aromatic nitrogens is 1. The summed E-state index contributed by atoms with van der Waals surface area (Å²) in [4.78, 5) is 15.9. The van der Waals surface area contributed by atoms with Crippen LogP contribution in [0.3, 0.4) is 0 Å². The van der Waals surface area contributed by atoms with Gasteiger partial charge in [0.15, 0.2) is 0 Å². The summed E-state index contributed by atoms with van der Waals surface area (Å²) in [5.74, 6) is 0.416. The first-order valence-electron chi connectivity index (χ1n) is 6.10. The molecule has 98 valence electrons. The molecular formula is C15H16N2OS. The molecule has 2 rings (SSSR count). The largest absolute Gasteiger partial charge is 0.351 e. The molecule has 0 unspecified atom stereocenters. The highest BCUT2D eigenvalue weighted by Gasteiger charge is 2.03. The summed E-state index contributed by atoms with van der Waals surface area (Å²) in [6.07, 6.45) is 1.81. The Kier molecular flexibility index (Phi) is 4.98. The van der Waals surface area contributed by atoms with Gasteiger partial charge in [0, 0.05) is 12.7 Å². The zero-order valence-electron chi connectivity index (χ0n) is 10.8. The number of aryl methyl sites for hydroxylation is 1. The zero-order valence-corrected chi connectivity index (χ0v) is 11.6. The normalized spacial score (nSPS) is 10.2. The Morgan fingerprint density at radius 2 is 2.00 bits per heavy atom. The van der Waals surface area contributed by atoms with Gasteiger partial charge in [-0.3, -0.25) is 4.79 Å². The lowest BCUT2D eigenvalue weighted by Gasteiger charge is -2.05. The van der Waals surface area contributed by atoms with E-state index in [1.807, 2.05) is 55.6 Å². The van der Waals surface area contributed by atoms with E-state index in [1.165, 1.54) is 11.8 Å². The van der Waals surface area contributed by atoms with Gasteiger partial charge >= 0.3 is 0 Å². The Bertz CT molecular complexity index is 526. The molecule has 0 aliphatic heterocycles. The van der Waals surface area contributed by atoms with Crippen LogP contribution in [0.4, 0.5) is 0 Å². The lowest BCUT2D eigenvalue weighted by molar-refractivity contribution is -0.118. The minimum Gasteiger partial charge on any atom is -0.351 e. The van der Waals surface area contributed by atoms with Crippen LogP contribution in [0.1, 0.15) is 11.1 Å². The Hall–Kier alpha value is -1.81. The molecule has 1 aromatic carbocycles. The number of hydrogen-bond acceptors (Lipinski definition) is 3. The third-order valence-electron chi connectivity index (χ3n) is 2.57. The van der Waals surface area contributed by atoms with Crippen LogP contribution >= 0.6 is 11.8 Å². The maximum atomic E-state index is 11.7. The Balaban J connectivity index is 1.74. The van der Waals surface area contributed by atoms with E-state index in [4.69, 9.17) is 0 Å². The fraction of sp³-hybridized carbons (Fsp3) is 0.200. The molecule has 1 N–H and O–H groups in total. The molecule has 0 fully saturated rings. The van der Waals surface area contributed by atoms with Crippen LogP contribution in [0.25, 0.3) is 0 Å². The number of nitrogens with one attached hydrogen (secondary N) is 1. The SMILES string of the molecule is Cc1ccc(SCC(=O)NCc2ccccc2)nc1. The number of amides is 1. The highest BCUT2D eigenvalue weighted by Crippen LogP contribution is 2.14. The number of carbonyl (C=O) groups is 1. The van der Waals surface area contributed by atoms with Gasteiger partial charge in [-0.1, -0.05) is 48.2 Å². The number of nitrogens with zero attached hydrogens (tertiary/aromatic N) is 1. The number of benzene rings is 1. The molecule has 2 aromatic rings. The number of rotatable bonds is 5. The van der Waals surface area contributed by atoms with Crippen molar-refractivity contribution in [1.29, 1.82) is 0 Å². The first-order chi connectivity index (χ1) is 9.24. The van der Waals surface area contributed by atoms with Crippen LogP contribution < -0.4 is 5.32 Å². The van der Waals surface area contributed by atoms with E-state index in [0.29, 0.717) is 12.3 Å². The number of thioether (sulfide) groups is 1. The summed E-state index contributed by atoms with van der Waals surface area (Å²) < 4.78 is 0. The van der Waals surface area contributed by atoms with Crippen LogP contribution in [0, 0.1) is 6.92 Å². The van der Waals surface area contributed by atoms with E-state index in [0.717, 1.165) is 16.2 Å². The third kappa shape index (κ3) is 4.75. The predicted octanol–water partition coefficient (Wildman–Crippen LogP) is 2.80. The molecule has 1 heterocycles. The van der Waals surface area contributed by atoms with Crippen molar-refractivity contribution in [3.05, 3.63) is 59.8 Å². The third-order valence-corrected chi connectivity index (χ3v) is 3.51. The fourth-order valence-electron chi connectivity index (χ4n) is 1.53. The van der Waals surface area contributed by atoms with Gasteiger partial charge in [0.05, 0.1) is 10.8 Å². The smallest absolute Gasteiger partial charge is 0.230 e. The van der Waals surface area contributed by atoms with Crippen molar-refractivity contribution in [3.8, 4) is 0 Å². The van der Waals surface area contributed by atoms with Crippen LogP contribution in [-0.4, -0.2) is 16.6 Å². The van der Waals surface area contributed by atoms with Crippen molar-refractivity contribution in [2.45, 2.75) is 18.5 Å².